The van der Waals surface area contributed by atoms with E-state index in [4.69, 9.17) is 4.84 Å². The molecule has 1 aromatic heterocycles. The Morgan fingerprint density at radius 1 is 1.22 bits per heavy atom. The Morgan fingerprint density at radius 3 is 2.62 bits per heavy atom. The summed E-state index contributed by atoms with van der Waals surface area (Å²) >= 11 is 0. The summed E-state index contributed by atoms with van der Waals surface area (Å²) in [5.41, 5.74) is 0.0487. The molecule has 1 aromatic carbocycles. The zero-order valence-electron chi connectivity index (χ0n) is 17.4. The van der Waals surface area contributed by atoms with Gasteiger partial charge in [0.2, 0.25) is 0 Å². The van der Waals surface area contributed by atoms with Gasteiger partial charge in [0.05, 0.1) is 17.7 Å². The van der Waals surface area contributed by atoms with Gasteiger partial charge in [0, 0.05) is 57.1 Å². The van der Waals surface area contributed by atoms with E-state index in [0.29, 0.717) is 43.9 Å². The third-order valence-corrected chi connectivity index (χ3v) is 7.02. The van der Waals surface area contributed by atoms with E-state index in [9.17, 15) is 21.6 Å². The standard InChI is InChI=1S/C20H22F3N5O3S/c1-27(2)32(29,30)26-13-5-7-28(11-13)18-10-17(31-25-18)20-14(4-3-6-24-20)19-15(22)8-12(21)9-16(19)23/h3-4,6,8-9,13,17,26H,5,7,10-11H2,1-2H3/t13-,17?/m0/s1. The second-order valence-corrected chi connectivity index (χ2v) is 9.74. The van der Waals surface area contributed by atoms with E-state index >= 15 is 0 Å². The van der Waals surface area contributed by atoms with Crippen LogP contribution in [0.4, 0.5) is 13.2 Å². The molecule has 172 valence electrons. The number of aromatic nitrogens is 1. The highest BCUT2D eigenvalue weighted by Gasteiger charge is 2.35. The van der Waals surface area contributed by atoms with Crippen LogP contribution in [0.25, 0.3) is 11.1 Å². The van der Waals surface area contributed by atoms with Crippen LogP contribution in [-0.4, -0.2) is 61.7 Å². The summed E-state index contributed by atoms with van der Waals surface area (Å²) in [6.45, 7) is 0.990. The molecule has 3 heterocycles. The topological polar surface area (TPSA) is 87.1 Å². The van der Waals surface area contributed by atoms with Gasteiger partial charge in [-0.05, 0) is 12.5 Å². The largest absolute Gasteiger partial charge is 0.384 e. The fraction of sp³-hybridized carbons (Fsp3) is 0.400. The van der Waals surface area contributed by atoms with E-state index in [1.807, 2.05) is 4.90 Å². The summed E-state index contributed by atoms with van der Waals surface area (Å²) in [6, 6.07) is 3.97. The van der Waals surface area contributed by atoms with Crippen LogP contribution in [0, 0.1) is 17.5 Å². The lowest BCUT2D eigenvalue weighted by Crippen LogP contribution is -2.43. The third kappa shape index (κ3) is 4.43. The van der Waals surface area contributed by atoms with Crippen molar-refractivity contribution in [1.82, 2.24) is 18.9 Å². The molecule has 0 radical (unpaired) electrons. The molecule has 2 aliphatic rings. The number of pyridine rings is 1. The number of oxime groups is 1. The van der Waals surface area contributed by atoms with Crippen LogP contribution in [0.3, 0.4) is 0 Å². The minimum Gasteiger partial charge on any atom is -0.384 e. The Morgan fingerprint density at radius 2 is 1.94 bits per heavy atom. The normalized spacial score (nSPS) is 21.2. The molecule has 1 fully saturated rings. The first-order chi connectivity index (χ1) is 15.2. The fourth-order valence-corrected chi connectivity index (χ4v) is 4.61. The Bertz CT molecular complexity index is 1140. The summed E-state index contributed by atoms with van der Waals surface area (Å²) in [5, 5.41) is 4.10. The summed E-state index contributed by atoms with van der Waals surface area (Å²) in [4.78, 5) is 11.7. The molecule has 12 heteroatoms. The molecule has 0 bridgehead atoms. The van der Waals surface area contributed by atoms with Crippen LogP contribution in [0.15, 0.2) is 35.6 Å². The fourth-order valence-electron chi connectivity index (χ4n) is 3.79. The lowest BCUT2D eigenvalue weighted by molar-refractivity contribution is 0.0828. The molecule has 2 atom stereocenters. The molecule has 1 unspecified atom stereocenters. The summed E-state index contributed by atoms with van der Waals surface area (Å²) in [7, 11) is -0.652. The van der Waals surface area contributed by atoms with Crippen molar-refractivity contribution in [1.29, 1.82) is 0 Å². The van der Waals surface area contributed by atoms with Crippen molar-refractivity contribution in [3.8, 4) is 11.1 Å². The van der Waals surface area contributed by atoms with Crippen LogP contribution in [0.1, 0.15) is 24.6 Å². The Labute approximate surface area is 183 Å². The SMILES string of the molecule is CN(C)S(=O)(=O)N[C@H]1CCN(C2=NOC(c3ncccc3-c3c(F)cc(F)cc3F)C2)C1. The molecule has 2 aromatic rings. The first-order valence-corrected chi connectivity index (χ1v) is 11.4. The lowest BCUT2D eigenvalue weighted by Gasteiger charge is -2.19. The molecule has 1 N–H and O–H groups in total. The molecule has 0 spiro atoms. The summed E-state index contributed by atoms with van der Waals surface area (Å²) in [5.74, 6) is -2.48. The van der Waals surface area contributed by atoms with E-state index < -0.39 is 33.8 Å². The molecule has 0 aliphatic carbocycles. The maximum absolute atomic E-state index is 14.4. The van der Waals surface area contributed by atoms with Crippen LogP contribution in [0.5, 0.6) is 0 Å². The van der Waals surface area contributed by atoms with E-state index in [-0.39, 0.29) is 22.9 Å². The van der Waals surface area contributed by atoms with Gasteiger partial charge in [0.25, 0.3) is 10.2 Å². The molecular formula is C20H22F3N5O3S. The third-order valence-electron chi connectivity index (χ3n) is 5.42. The van der Waals surface area contributed by atoms with Crippen molar-refractivity contribution in [2.45, 2.75) is 25.0 Å². The monoisotopic (exact) mass is 469 g/mol. The van der Waals surface area contributed by atoms with Gasteiger partial charge in [0.1, 0.15) is 23.3 Å². The molecule has 0 saturated carbocycles. The number of halogens is 3. The maximum Gasteiger partial charge on any atom is 0.279 e. The molecule has 8 nitrogen and oxygen atoms in total. The number of likely N-dealkylation sites (tertiary alicyclic amines) is 1. The van der Waals surface area contributed by atoms with Gasteiger partial charge in [-0.25, -0.2) is 13.2 Å². The lowest BCUT2D eigenvalue weighted by atomic mass is 9.98. The summed E-state index contributed by atoms with van der Waals surface area (Å²) in [6.07, 6.45) is 1.67. The number of hydrogen-bond acceptors (Lipinski definition) is 6. The average molecular weight is 469 g/mol. The van der Waals surface area contributed by atoms with Gasteiger partial charge in [-0.1, -0.05) is 11.2 Å². The van der Waals surface area contributed by atoms with E-state index in [1.165, 1.54) is 32.4 Å². The van der Waals surface area contributed by atoms with Gasteiger partial charge in [-0.3, -0.25) is 4.98 Å². The Hall–Kier alpha value is -2.70. The minimum absolute atomic E-state index is 0.155. The van der Waals surface area contributed by atoms with E-state index in [0.717, 1.165) is 4.31 Å². The quantitative estimate of drug-likeness (QED) is 0.727. The first kappa shape index (κ1) is 22.5. The Kier molecular flexibility index (Phi) is 6.10. The number of hydrogen-bond donors (Lipinski definition) is 1. The summed E-state index contributed by atoms with van der Waals surface area (Å²) < 4.78 is 69.9. The van der Waals surface area contributed by atoms with Gasteiger partial charge in [0.15, 0.2) is 6.10 Å². The highest BCUT2D eigenvalue weighted by molar-refractivity contribution is 7.87. The van der Waals surface area contributed by atoms with Gasteiger partial charge in [-0.2, -0.15) is 17.4 Å². The van der Waals surface area contributed by atoms with Gasteiger partial charge < -0.3 is 9.74 Å². The molecule has 2 aliphatic heterocycles. The zero-order chi connectivity index (χ0) is 23.0. The Balaban J connectivity index is 1.50. The molecule has 0 amide bonds. The predicted octanol–water partition coefficient (Wildman–Crippen LogP) is 2.41. The number of amidine groups is 1. The van der Waals surface area contributed by atoms with E-state index in [1.54, 1.807) is 0 Å². The van der Waals surface area contributed by atoms with Crippen LogP contribution >= 0.6 is 0 Å². The second-order valence-electron chi connectivity index (χ2n) is 7.82. The number of nitrogens with one attached hydrogen (secondary N) is 1. The molecule has 1 saturated heterocycles. The van der Waals surface area contributed by atoms with Crippen molar-refractivity contribution in [3.05, 3.63) is 53.6 Å². The zero-order valence-corrected chi connectivity index (χ0v) is 18.2. The van der Waals surface area contributed by atoms with Crippen LogP contribution in [-0.2, 0) is 15.0 Å². The number of benzene rings is 1. The minimum atomic E-state index is -3.55. The molecule has 4 rings (SSSR count). The average Bonchev–Trinajstić information content (AvgIpc) is 3.37. The highest BCUT2D eigenvalue weighted by Crippen LogP contribution is 2.36. The first-order valence-electron chi connectivity index (χ1n) is 9.93. The van der Waals surface area contributed by atoms with Gasteiger partial charge >= 0.3 is 0 Å². The van der Waals surface area contributed by atoms with Crippen LogP contribution < -0.4 is 4.72 Å². The van der Waals surface area contributed by atoms with Crippen molar-refractivity contribution >= 4 is 16.0 Å². The van der Waals surface area contributed by atoms with Crippen molar-refractivity contribution in [2.75, 3.05) is 27.2 Å². The molecule has 32 heavy (non-hydrogen) atoms. The van der Waals surface area contributed by atoms with E-state index in [2.05, 4.69) is 14.9 Å². The number of rotatable bonds is 5. The number of nitrogens with zero attached hydrogens (tertiary/aromatic N) is 4. The van der Waals surface area contributed by atoms with Gasteiger partial charge in [-0.15, -0.1) is 0 Å². The highest BCUT2D eigenvalue weighted by atomic mass is 32.2. The maximum atomic E-state index is 14.4. The van der Waals surface area contributed by atoms with Crippen molar-refractivity contribution in [2.24, 2.45) is 5.16 Å². The second kappa shape index (κ2) is 8.68. The van der Waals surface area contributed by atoms with Crippen molar-refractivity contribution < 1.29 is 26.4 Å². The smallest absolute Gasteiger partial charge is 0.279 e. The molecular weight excluding hydrogens is 447 g/mol. The predicted molar refractivity (Wildman–Crippen MR) is 111 cm³/mol. The van der Waals surface area contributed by atoms with Crippen LogP contribution in [0.2, 0.25) is 0 Å². The van der Waals surface area contributed by atoms with Crippen molar-refractivity contribution in [3.63, 3.8) is 0 Å².